The van der Waals surface area contributed by atoms with E-state index < -0.39 is 24.0 Å². The molecular weight excluding hydrogens is 228 g/mol. The number of carbonyl (C=O) groups excluding carboxylic acids is 1. The summed E-state index contributed by atoms with van der Waals surface area (Å²) in [5.74, 6) is -1.48. The highest BCUT2D eigenvalue weighted by molar-refractivity contribution is 5.82. The Kier molecular flexibility index (Phi) is 8.29. The maximum absolute atomic E-state index is 10.7. The van der Waals surface area contributed by atoms with E-state index in [-0.39, 0.29) is 13.2 Å². The van der Waals surface area contributed by atoms with Gasteiger partial charge < -0.3 is 25.6 Å². The van der Waals surface area contributed by atoms with Gasteiger partial charge in [0.15, 0.2) is 0 Å². The lowest BCUT2D eigenvalue weighted by Crippen LogP contribution is -2.46. The molecule has 2 unspecified atom stereocenters. The average molecular weight is 248 g/mol. The molecule has 0 aliphatic heterocycles. The fourth-order valence-corrected chi connectivity index (χ4v) is 1.24. The van der Waals surface area contributed by atoms with E-state index in [1.165, 1.54) is 14.0 Å². The van der Waals surface area contributed by atoms with Crippen LogP contribution in [-0.2, 0) is 14.3 Å². The number of aliphatic hydroxyl groups is 1. The van der Waals surface area contributed by atoms with Crippen molar-refractivity contribution in [3.8, 4) is 0 Å². The highest BCUT2D eigenvalue weighted by Crippen LogP contribution is 1.90. The molecule has 7 nitrogen and oxygen atoms in total. The second-order valence-electron chi connectivity index (χ2n) is 3.69. The second kappa shape index (κ2) is 8.91. The van der Waals surface area contributed by atoms with Crippen molar-refractivity contribution in [2.45, 2.75) is 25.5 Å². The van der Waals surface area contributed by atoms with E-state index in [1.54, 1.807) is 0 Å². The van der Waals surface area contributed by atoms with Crippen LogP contribution in [0.15, 0.2) is 0 Å². The Morgan fingerprint density at radius 2 is 2.06 bits per heavy atom. The van der Waals surface area contributed by atoms with Crippen molar-refractivity contribution in [1.82, 2.24) is 10.6 Å². The molecule has 4 N–H and O–H groups in total. The lowest BCUT2D eigenvalue weighted by molar-refractivity contribution is -0.141. The molecule has 7 heteroatoms. The zero-order valence-electron chi connectivity index (χ0n) is 10.1. The van der Waals surface area contributed by atoms with E-state index in [0.717, 1.165) is 0 Å². The molecule has 1 amide bonds. The Morgan fingerprint density at radius 3 is 2.53 bits per heavy atom. The van der Waals surface area contributed by atoms with Gasteiger partial charge in [-0.2, -0.15) is 0 Å². The monoisotopic (exact) mass is 248 g/mol. The molecule has 2 atom stereocenters. The topological polar surface area (TPSA) is 108 Å². The van der Waals surface area contributed by atoms with Gasteiger partial charge in [0.25, 0.3) is 0 Å². The highest BCUT2D eigenvalue weighted by atomic mass is 16.5. The van der Waals surface area contributed by atoms with E-state index in [4.69, 9.17) is 9.84 Å². The van der Waals surface area contributed by atoms with E-state index in [9.17, 15) is 14.7 Å². The minimum atomic E-state index is -1.09. The van der Waals surface area contributed by atoms with Gasteiger partial charge in [-0.3, -0.25) is 4.79 Å². The summed E-state index contributed by atoms with van der Waals surface area (Å²) in [6.07, 6.45) is -0.114. The molecule has 0 aromatic heterocycles. The molecule has 0 bridgehead atoms. The van der Waals surface area contributed by atoms with Gasteiger partial charge in [-0.15, -0.1) is 0 Å². The number of amides is 1. The third-order valence-electron chi connectivity index (χ3n) is 2.04. The van der Waals surface area contributed by atoms with Crippen LogP contribution in [0.3, 0.4) is 0 Å². The first-order valence-corrected chi connectivity index (χ1v) is 5.35. The van der Waals surface area contributed by atoms with Crippen LogP contribution in [0.5, 0.6) is 0 Å². The molecule has 0 aromatic rings. The molecule has 0 fully saturated rings. The van der Waals surface area contributed by atoms with Crippen molar-refractivity contribution >= 4 is 11.9 Å². The van der Waals surface area contributed by atoms with Gasteiger partial charge in [-0.1, -0.05) is 0 Å². The van der Waals surface area contributed by atoms with Crippen molar-refractivity contribution < 1.29 is 24.5 Å². The fourth-order valence-electron chi connectivity index (χ4n) is 1.24. The first-order valence-electron chi connectivity index (χ1n) is 5.35. The average Bonchev–Trinajstić information content (AvgIpc) is 2.22. The van der Waals surface area contributed by atoms with Crippen molar-refractivity contribution in [2.24, 2.45) is 0 Å². The third-order valence-corrected chi connectivity index (χ3v) is 2.04. The zero-order valence-corrected chi connectivity index (χ0v) is 10.1. The minimum Gasteiger partial charge on any atom is -0.480 e. The van der Waals surface area contributed by atoms with Crippen LogP contribution in [0, 0.1) is 0 Å². The van der Waals surface area contributed by atoms with Crippen molar-refractivity contribution in [3.63, 3.8) is 0 Å². The summed E-state index contributed by atoms with van der Waals surface area (Å²) in [6, 6.07) is -0.952. The number of methoxy groups -OCH3 is 1. The van der Waals surface area contributed by atoms with E-state index in [0.29, 0.717) is 13.0 Å². The van der Waals surface area contributed by atoms with Gasteiger partial charge >= 0.3 is 5.97 Å². The van der Waals surface area contributed by atoms with Crippen LogP contribution in [0.1, 0.15) is 13.3 Å². The first-order chi connectivity index (χ1) is 7.97. The van der Waals surface area contributed by atoms with Crippen molar-refractivity contribution in [2.75, 3.05) is 26.8 Å². The molecule has 0 aliphatic carbocycles. The zero-order chi connectivity index (χ0) is 13.3. The Balaban J connectivity index is 3.75. The number of aliphatic hydroxyl groups excluding tert-OH is 1. The number of carboxylic acid groups (broad SMARTS) is 1. The van der Waals surface area contributed by atoms with Gasteiger partial charge in [0.2, 0.25) is 5.91 Å². The molecule has 0 heterocycles. The molecule has 0 saturated heterocycles. The maximum Gasteiger partial charge on any atom is 0.327 e. The summed E-state index contributed by atoms with van der Waals surface area (Å²) in [5, 5.41) is 23.3. The van der Waals surface area contributed by atoms with Gasteiger partial charge in [0.05, 0.1) is 12.7 Å². The molecule has 0 aromatic carbocycles. The van der Waals surface area contributed by atoms with Gasteiger partial charge in [0, 0.05) is 20.6 Å². The predicted molar refractivity (Wildman–Crippen MR) is 60.6 cm³/mol. The summed E-state index contributed by atoms with van der Waals surface area (Å²) in [4.78, 5) is 21.5. The Bertz CT molecular complexity index is 247. The lowest BCUT2D eigenvalue weighted by Gasteiger charge is -2.15. The Labute approximate surface area is 100 Å². The maximum atomic E-state index is 10.7. The van der Waals surface area contributed by atoms with Crippen LogP contribution in [0.25, 0.3) is 0 Å². The SMILES string of the molecule is COCC(O)CCNCC(NC(C)=O)C(=O)O. The quantitative estimate of drug-likeness (QED) is 0.372. The summed E-state index contributed by atoms with van der Waals surface area (Å²) >= 11 is 0. The second-order valence-corrected chi connectivity index (χ2v) is 3.69. The number of carboxylic acids is 1. The normalized spacial score (nSPS) is 14.1. The molecule has 0 rings (SSSR count). The molecule has 0 saturated carbocycles. The molecule has 0 spiro atoms. The number of hydrogen-bond donors (Lipinski definition) is 4. The number of ether oxygens (including phenoxy) is 1. The summed E-state index contributed by atoms with van der Waals surface area (Å²) in [6.45, 7) is 2.08. The largest absolute Gasteiger partial charge is 0.480 e. The van der Waals surface area contributed by atoms with Crippen LogP contribution in [0.4, 0.5) is 0 Å². The molecule has 17 heavy (non-hydrogen) atoms. The van der Waals surface area contributed by atoms with E-state index in [2.05, 4.69) is 10.6 Å². The van der Waals surface area contributed by atoms with E-state index in [1.807, 2.05) is 0 Å². The first kappa shape index (κ1) is 15.8. The summed E-state index contributed by atoms with van der Waals surface area (Å²) < 4.78 is 4.74. The van der Waals surface area contributed by atoms with Crippen LogP contribution in [0.2, 0.25) is 0 Å². The van der Waals surface area contributed by atoms with Crippen molar-refractivity contribution in [3.05, 3.63) is 0 Å². The Hall–Kier alpha value is -1.18. The minimum absolute atomic E-state index is 0.120. The number of aliphatic carboxylic acids is 1. The smallest absolute Gasteiger partial charge is 0.327 e. The molecule has 100 valence electrons. The number of rotatable bonds is 9. The van der Waals surface area contributed by atoms with Gasteiger partial charge in [-0.25, -0.2) is 4.79 Å². The van der Waals surface area contributed by atoms with Crippen LogP contribution < -0.4 is 10.6 Å². The molecule has 0 aliphatic rings. The van der Waals surface area contributed by atoms with Gasteiger partial charge in [-0.05, 0) is 13.0 Å². The standard InChI is InChI=1S/C10H20N2O5/c1-7(13)12-9(10(15)16)5-11-4-3-8(14)6-17-2/h8-9,11,14H,3-6H2,1-2H3,(H,12,13)(H,15,16). The predicted octanol–water partition coefficient (Wildman–Crippen LogP) is -1.44. The summed E-state index contributed by atoms with van der Waals surface area (Å²) in [5.41, 5.74) is 0. The van der Waals surface area contributed by atoms with Gasteiger partial charge in [0.1, 0.15) is 6.04 Å². The lowest BCUT2D eigenvalue weighted by atomic mass is 10.2. The Morgan fingerprint density at radius 1 is 1.41 bits per heavy atom. The molecular formula is C10H20N2O5. The van der Waals surface area contributed by atoms with E-state index >= 15 is 0 Å². The van der Waals surface area contributed by atoms with Crippen molar-refractivity contribution in [1.29, 1.82) is 0 Å². The number of hydrogen-bond acceptors (Lipinski definition) is 5. The number of nitrogens with one attached hydrogen (secondary N) is 2. The molecule has 0 radical (unpaired) electrons. The fraction of sp³-hybridized carbons (Fsp3) is 0.800. The van der Waals surface area contributed by atoms with Crippen LogP contribution >= 0.6 is 0 Å². The third kappa shape index (κ3) is 8.61. The van der Waals surface area contributed by atoms with Crippen LogP contribution in [-0.4, -0.2) is 61.0 Å². The number of carbonyl (C=O) groups is 2. The summed E-state index contributed by atoms with van der Waals surface area (Å²) in [7, 11) is 1.49. The highest BCUT2D eigenvalue weighted by Gasteiger charge is 2.17.